The van der Waals surface area contributed by atoms with Crippen molar-refractivity contribution in [1.29, 1.82) is 0 Å². The van der Waals surface area contributed by atoms with Gasteiger partial charge in [-0.15, -0.1) is 0 Å². The second-order valence-electron chi connectivity index (χ2n) is 5.30. The van der Waals surface area contributed by atoms with Crippen LogP contribution >= 0.6 is 0 Å². The molecule has 0 heterocycles. The van der Waals surface area contributed by atoms with Crippen LogP contribution in [0.2, 0.25) is 0 Å². The highest BCUT2D eigenvalue weighted by atomic mass is 127. The number of unbranched alkanes of at least 4 members (excludes halogenated alkanes) is 3. The van der Waals surface area contributed by atoms with Gasteiger partial charge in [0.25, 0.3) is 0 Å². The first-order valence-electron chi connectivity index (χ1n) is 7.59. The van der Waals surface area contributed by atoms with Crippen LogP contribution in [0.25, 0.3) is 0 Å². The van der Waals surface area contributed by atoms with Gasteiger partial charge >= 0.3 is 0 Å². The van der Waals surface area contributed by atoms with Gasteiger partial charge in [0.15, 0.2) is 0 Å². The van der Waals surface area contributed by atoms with Crippen molar-refractivity contribution in [2.24, 2.45) is 0 Å². The summed E-state index contributed by atoms with van der Waals surface area (Å²) in [5.41, 5.74) is 0. The van der Waals surface area contributed by atoms with Crippen molar-refractivity contribution in [2.45, 2.75) is 72.6 Å². The Morgan fingerprint density at radius 2 is 1.00 bits per heavy atom. The first-order chi connectivity index (χ1) is 7.74. The summed E-state index contributed by atoms with van der Waals surface area (Å²) in [6.07, 6.45) is 9.68. The van der Waals surface area contributed by atoms with Gasteiger partial charge in [-0.05, 0) is 32.1 Å². The molecule has 0 aromatic heterocycles. The van der Waals surface area contributed by atoms with Crippen molar-refractivity contribution in [2.75, 3.05) is 26.2 Å². The molecule has 0 spiro atoms. The van der Waals surface area contributed by atoms with E-state index in [-0.39, 0.29) is 24.0 Å². The molecule has 0 atom stereocenters. The Bertz CT molecular complexity index is 131. The molecular weight excluding hydrogens is 321 g/mol. The zero-order valence-corrected chi connectivity index (χ0v) is 14.8. The van der Waals surface area contributed by atoms with Gasteiger partial charge in [-0.1, -0.05) is 40.5 Å². The fraction of sp³-hybridized carbons (Fsp3) is 1.00. The van der Waals surface area contributed by atoms with Gasteiger partial charge in [0.05, 0.1) is 26.2 Å². The molecule has 0 amide bonds. The average molecular weight is 355 g/mol. The maximum Gasteiger partial charge on any atom is 0.0786 e. The molecule has 0 fully saturated rings. The van der Waals surface area contributed by atoms with Crippen LogP contribution in [0.5, 0.6) is 0 Å². The molecule has 0 bridgehead atoms. The minimum atomic E-state index is 0. The van der Waals surface area contributed by atoms with Crippen molar-refractivity contribution >= 4 is 0 Å². The van der Waals surface area contributed by atoms with Gasteiger partial charge in [-0.25, -0.2) is 0 Å². The zero-order valence-electron chi connectivity index (χ0n) is 12.6. The van der Waals surface area contributed by atoms with E-state index in [1.165, 1.54) is 75.6 Å². The largest absolute Gasteiger partial charge is 1.00 e. The number of nitrogens with zero attached hydrogens (tertiary/aromatic N) is 1. The highest BCUT2D eigenvalue weighted by Crippen LogP contribution is 2.14. The van der Waals surface area contributed by atoms with E-state index in [0.29, 0.717) is 0 Å². The van der Waals surface area contributed by atoms with Crippen molar-refractivity contribution in [1.82, 2.24) is 0 Å². The van der Waals surface area contributed by atoms with E-state index in [0.717, 1.165) is 0 Å². The normalized spacial score (nSPS) is 11.3. The molecule has 0 aliphatic rings. The van der Waals surface area contributed by atoms with Gasteiger partial charge < -0.3 is 28.5 Å². The Kier molecular flexibility index (Phi) is 15.5. The molecule has 0 aliphatic carbocycles. The number of rotatable bonds is 11. The summed E-state index contributed by atoms with van der Waals surface area (Å²) in [5.74, 6) is 0. The summed E-state index contributed by atoms with van der Waals surface area (Å²) in [6.45, 7) is 14.9. The summed E-state index contributed by atoms with van der Waals surface area (Å²) < 4.78 is 1.40. The number of hydrogen-bond acceptors (Lipinski definition) is 0. The summed E-state index contributed by atoms with van der Waals surface area (Å²) >= 11 is 0. The van der Waals surface area contributed by atoms with Crippen molar-refractivity contribution in [3.05, 3.63) is 0 Å². The van der Waals surface area contributed by atoms with Crippen molar-refractivity contribution in [3.63, 3.8) is 0 Å². The predicted molar refractivity (Wildman–Crippen MR) is 74.7 cm³/mol. The molecule has 0 unspecified atom stereocenters. The zero-order chi connectivity index (χ0) is 12.3. The second-order valence-corrected chi connectivity index (χ2v) is 5.30. The first-order valence-corrected chi connectivity index (χ1v) is 7.59. The Labute approximate surface area is 127 Å². The highest BCUT2D eigenvalue weighted by Gasteiger charge is 2.23. The van der Waals surface area contributed by atoms with Crippen molar-refractivity contribution in [3.8, 4) is 0 Å². The van der Waals surface area contributed by atoms with E-state index < -0.39 is 0 Å². The molecule has 2 heteroatoms. The average Bonchev–Trinajstić information content (AvgIpc) is 2.26. The SMILES string of the molecule is CCCCCC[N+](CCC)(CCC)CCC.[I-]. The fourth-order valence-electron chi connectivity index (χ4n) is 2.97. The van der Waals surface area contributed by atoms with Crippen molar-refractivity contribution < 1.29 is 28.5 Å². The molecule has 0 N–H and O–H groups in total. The summed E-state index contributed by atoms with van der Waals surface area (Å²) in [5, 5.41) is 0. The van der Waals surface area contributed by atoms with E-state index in [4.69, 9.17) is 0 Å². The third kappa shape index (κ3) is 9.29. The number of hydrogen-bond donors (Lipinski definition) is 0. The van der Waals surface area contributed by atoms with Gasteiger partial charge in [-0.3, -0.25) is 0 Å². The minimum absolute atomic E-state index is 0. The van der Waals surface area contributed by atoms with E-state index in [1.807, 2.05) is 0 Å². The quantitative estimate of drug-likeness (QED) is 0.300. The van der Waals surface area contributed by atoms with Crippen LogP contribution in [0, 0.1) is 0 Å². The molecule has 1 nitrogen and oxygen atoms in total. The molecule has 0 radical (unpaired) electrons. The summed E-state index contributed by atoms with van der Waals surface area (Å²) in [6, 6.07) is 0. The standard InChI is InChI=1S/C15H34N.HI/c1-5-9-10-11-15-16(12-6-2,13-7-3)14-8-4;/h5-15H2,1-4H3;1H/q+1;/p-1. The number of quaternary nitrogens is 1. The lowest BCUT2D eigenvalue weighted by atomic mass is 10.1. The maximum absolute atomic E-state index is 2.34. The van der Waals surface area contributed by atoms with Crippen LogP contribution in [-0.4, -0.2) is 30.7 Å². The van der Waals surface area contributed by atoms with Crippen LogP contribution in [0.1, 0.15) is 72.6 Å². The lowest BCUT2D eigenvalue weighted by molar-refractivity contribution is -0.928. The lowest BCUT2D eigenvalue weighted by Gasteiger charge is -2.38. The van der Waals surface area contributed by atoms with Crippen LogP contribution in [0.4, 0.5) is 0 Å². The molecule has 0 saturated carbocycles. The Morgan fingerprint density at radius 1 is 0.529 bits per heavy atom. The molecule has 0 aromatic rings. The molecule has 17 heavy (non-hydrogen) atoms. The van der Waals surface area contributed by atoms with Gasteiger partial charge in [-0.2, -0.15) is 0 Å². The topological polar surface area (TPSA) is 0 Å². The third-order valence-corrected chi connectivity index (χ3v) is 3.58. The van der Waals surface area contributed by atoms with E-state index >= 15 is 0 Å². The third-order valence-electron chi connectivity index (χ3n) is 3.58. The van der Waals surface area contributed by atoms with Gasteiger partial charge in [0.2, 0.25) is 0 Å². The molecule has 0 saturated heterocycles. The Hall–Kier alpha value is 0.690. The summed E-state index contributed by atoms with van der Waals surface area (Å²) in [7, 11) is 0. The highest BCUT2D eigenvalue weighted by molar-refractivity contribution is 4.47. The van der Waals surface area contributed by atoms with Crippen LogP contribution in [0.15, 0.2) is 0 Å². The number of halogens is 1. The maximum atomic E-state index is 2.34. The van der Waals surface area contributed by atoms with Gasteiger partial charge in [0.1, 0.15) is 0 Å². The predicted octanol–water partition coefficient (Wildman–Crippen LogP) is 1.62. The van der Waals surface area contributed by atoms with Crippen LogP contribution in [0.3, 0.4) is 0 Å². The Morgan fingerprint density at radius 3 is 1.35 bits per heavy atom. The van der Waals surface area contributed by atoms with E-state index in [2.05, 4.69) is 27.7 Å². The molecule has 0 aromatic carbocycles. The second kappa shape index (κ2) is 13.1. The lowest BCUT2D eigenvalue weighted by Crippen LogP contribution is -3.00. The Balaban J connectivity index is 0. The first kappa shape index (κ1) is 20.0. The van der Waals surface area contributed by atoms with Crippen LogP contribution in [-0.2, 0) is 0 Å². The van der Waals surface area contributed by atoms with E-state index in [9.17, 15) is 0 Å². The molecule has 0 rings (SSSR count). The van der Waals surface area contributed by atoms with E-state index in [1.54, 1.807) is 0 Å². The van der Waals surface area contributed by atoms with Crippen LogP contribution < -0.4 is 24.0 Å². The summed E-state index contributed by atoms with van der Waals surface area (Å²) in [4.78, 5) is 0. The van der Waals surface area contributed by atoms with Gasteiger partial charge in [0, 0.05) is 0 Å². The molecule has 0 aliphatic heterocycles. The smallest absolute Gasteiger partial charge is 0.0786 e. The monoisotopic (exact) mass is 355 g/mol. The molecular formula is C15H34IN. The minimum Gasteiger partial charge on any atom is -1.00 e. The fourth-order valence-corrected chi connectivity index (χ4v) is 2.97. The molecule has 106 valence electrons.